The zero-order chi connectivity index (χ0) is 5.86. The first kappa shape index (κ1) is 7.24. The Hall–Kier alpha value is 0.240. The van der Waals surface area contributed by atoms with E-state index in [1.165, 1.54) is 0 Å². The van der Waals surface area contributed by atoms with Crippen LogP contribution in [0.15, 0.2) is 0 Å². The van der Waals surface area contributed by atoms with Crippen molar-refractivity contribution in [1.82, 2.24) is 0 Å². The molecule has 0 heterocycles. The molecule has 0 aliphatic rings. The molecule has 0 radical (unpaired) electrons. The van der Waals surface area contributed by atoms with E-state index in [0.29, 0.717) is 10.2 Å². The van der Waals surface area contributed by atoms with E-state index >= 15 is 0 Å². The summed E-state index contributed by atoms with van der Waals surface area (Å²) in [5.74, 6) is 0. The summed E-state index contributed by atoms with van der Waals surface area (Å²) in [4.78, 5) is 0.590. The molecule has 7 heavy (non-hydrogen) atoms. The molecule has 0 fully saturated rings. The van der Waals surface area contributed by atoms with Crippen molar-refractivity contribution in [3.05, 3.63) is 0 Å². The highest BCUT2D eigenvalue weighted by Crippen LogP contribution is 2.03. The van der Waals surface area contributed by atoms with Gasteiger partial charge >= 0.3 is 0 Å². The Labute approximate surface area is 53.7 Å². The van der Waals surface area contributed by atoms with Crippen molar-refractivity contribution < 1.29 is 0 Å². The Balaban J connectivity index is 3.34. The van der Waals surface area contributed by atoms with Gasteiger partial charge in [0.1, 0.15) is 0 Å². The van der Waals surface area contributed by atoms with Crippen LogP contribution < -0.4 is 5.73 Å². The smallest absolute Gasteiger partial charge is 0.0856 e. The second-order valence-electron chi connectivity index (χ2n) is 1.28. The largest absolute Gasteiger partial charge is 0.392 e. The first-order chi connectivity index (χ1) is 3.18. The average Bonchev–Trinajstić information content (AvgIpc) is 1.65. The fourth-order valence-electron chi connectivity index (χ4n) is 0.116. The Morgan fingerprint density at radius 3 is 2.29 bits per heavy atom. The van der Waals surface area contributed by atoms with Gasteiger partial charge < -0.3 is 5.73 Å². The fourth-order valence-corrected chi connectivity index (χ4v) is 0.637. The van der Waals surface area contributed by atoms with Crippen LogP contribution >= 0.6 is 24.0 Å². The van der Waals surface area contributed by atoms with Crippen LogP contribution in [0.3, 0.4) is 0 Å². The van der Waals surface area contributed by atoms with Crippen LogP contribution in [0.1, 0.15) is 6.92 Å². The molecule has 0 aromatic rings. The SMILES string of the molecule is CSC(C)C(N)=S. The lowest BCUT2D eigenvalue weighted by atomic mass is 10.5. The molecule has 0 aromatic carbocycles. The number of nitrogens with two attached hydrogens (primary N) is 1. The molecular formula is C4H9NS2. The van der Waals surface area contributed by atoms with Gasteiger partial charge in [0.15, 0.2) is 0 Å². The van der Waals surface area contributed by atoms with Crippen LogP contribution in [-0.2, 0) is 0 Å². The van der Waals surface area contributed by atoms with Gasteiger partial charge in [-0.3, -0.25) is 0 Å². The van der Waals surface area contributed by atoms with Gasteiger partial charge in [0.25, 0.3) is 0 Å². The second-order valence-corrected chi connectivity index (χ2v) is 2.93. The molecule has 0 amide bonds. The minimum Gasteiger partial charge on any atom is -0.392 e. The van der Waals surface area contributed by atoms with Crippen LogP contribution in [0.2, 0.25) is 0 Å². The summed E-state index contributed by atoms with van der Waals surface area (Å²) in [5, 5.41) is 0.329. The van der Waals surface area contributed by atoms with Crippen molar-refractivity contribution in [2.24, 2.45) is 5.73 Å². The third kappa shape index (κ3) is 2.88. The Morgan fingerprint density at radius 1 is 1.86 bits per heavy atom. The summed E-state index contributed by atoms with van der Waals surface area (Å²) in [6.07, 6.45) is 1.99. The van der Waals surface area contributed by atoms with Gasteiger partial charge in [-0.25, -0.2) is 0 Å². The number of rotatable bonds is 2. The summed E-state index contributed by atoms with van der Waals surface area (Å²) in [5.41, 5.74) is 5.26. The summed E-state index contributed by atoms with van der Waals surface area (Å²) < 4.78 is 0. The van der Waals surface area contributed by atoms with E-state index in [0.717, 1.165) is 0 Å². The Kier molecular flexibility index (Phi) is 3.38. The molecule has 1 unspecified atom stereocenters. The van der Waals surface area contributed by atoms with Crippen molar-refractivity contribution in [2.45, 2.75) is 12.2 Å². The Morgan fingerprint density at radius 2 is 2.29 bits per heavy atom. The summed E-state index contributed by atoms with van der Waals surface area (Å²) in [7, 11) is 0. The normalized spacial score (nSPS) is 13.4. The lowest BCUT2D eigenvalue weighted by Gasteiger charge is -2.01. The average molecular weight is 135 g/mol. The predicted octanol–water partition coefficient (Wildman–Crippen LogP) is 1.02. The molecule has 0 aliphatic heterocycles. The van der Waals surface area contributed by atoms with E-state index < -0.39 is 0 Å². The monoisotopic (exact) mass is 135 g/mol. The van der Waals surface area contributed by atoms with E-state index in [4.69, 9.17) is 5.73 Å². The fraction of sp³-hybridized carbons (Fsp3) is 0.750. The highest BCUT2D eigenvalue weighted by Gasteiger charge is 1.98. The number of thiocarbonyl (C=S) groups is 1. The lowest BCUT2D eigenvalue weighted by Crippen LogP contribution is -2.19. The van der Waals surface area contributed by atoms with Crippen molar-refractivity contribution in [2.75, 3.05) is 6.26 Å². The summed E-state index contributed by atoms with van der Waals surface area (Å²) in [6, 6.07) is 0. The first-order valence-electron chi connectivity index (χ1n) is 2.00. The number of hydrogen-bond donors (Lipinski definition) is 1. The van der Waals surface area contributed by atoms with Crippen LogP contribution in [-0.4, -0.2) is 16.5 Å². The maximum Gasteiger partial charge on any atom is 0.0856 e. The van der Waals surface area contributed by atoms with Gasteiger partial charge in [-0.05, 0) is 13.2 Å². The highest BCUT2D eigenvalue weighted by molar-refractivity contribution is 8.01. The molecule has 0 spiro atoms. The van der Waals surface area contributed by atoms with Crippen LogP contribution in [0.5, 0.6) is 0 Å². The summed E-state index contributed by atoms with van der Waals surface area (Å²) in [6.45, 7) is 1.99. The minimum absolute atomic E-state index is 0.329. The Bertz CT molecular complexity index is 72.1. The first-order valence-corrected chi connectivity index (χ1v) is 3.70. The van der Waals surface area contributed by atoms with Gasteiger partial charge in [0.05, 0.1) is 10.2 Å². The minimum atomic E-state index is 0.329. The molecule has 2 N–H and O–H groups in total. The molecule has 0 saturated heterocycles. The predicted molar refractivity (Wildman–Crippen MR) is 39.8 cm³/mol. The van der Waals surface area contributed by atoms with Crippen molar-refractivity contribution in [3.8, 4) is 0 Å². The molecule has 0 aromatic heterocycles. The zero-order valence-electron chi connectivity index (χ0n) is 4.47. The van der Waals surface area contributed by atoms with E-state index in [1.54, 1.807) is 11.8 Å². The molecule has 1 atom stereocenters. The van der Waals surface area contributed by atoms with Gasteiger partial charge in [-0.1, -0.05) is 12.2 Å². The number of hydrogen-bond acceptors (Lipinski definition) is 2. The van der Waals surface area contributed by atoms with Crippen molar-refractivity contribution >= 4 is 29.0 Å². The lowest BCUT2D eigenvalue weighted by molar-refractivity contribution is 1.32. The molecule has 0 aliphatic carbocycles. The quantitative estimate of drug-likeness (QED) is 0.573. The van der Waals surface area contributed by atoms with Crippen molar-refractivity contribution in [3.63, 3.8) is 0 Å². The maximum absolute atomic E-state index is 5.26. The molecular weight excluding hydrogens is 126 g/mol. The van der Waals surface area contributed by atoms with E-state index in [9.17, 15) is 0 Å². The topological polar surface area (TPSA) is 26.0 Å². The van der Waals surface area contributed by atoms with Crippen molar-refractivity contribution in [1.29, 1.82) is 0 Å². The van der Waals surface area contributed by atoms with Gasteiger partial charge in [0.2, 0.25) is 0 Å². The number of thioether (sulfide) groups is 1. The molecule has 1 nitrogen and oxygen atoms in total. The summed E-state index contributed by atoms with van der Waals surface area (Å²) >= 11 is 6.34. The third-order valence-electron chi connectivity index (χ3n) is 0.754. The van der Waals surface area contributed by atoms with Crippen LogP contribution in [0.25, 0.3) is 0 Å². The van der Waals surface area contributed by atoms with Crippen LogP contribution in [0, 0.1) is 0 Å². The molecule has 42 valence electrons. The third-order valence-corrected chi connectivity index (χ3v) is 2.22. The molecule has 0 saturated carbocycles. The molecule has 3 heteroatoms. The maximum atomic E-state index is 5.26. The van der Waals surface area contributed by atoms with Crippen LogP contribution in [0.4, 0.5) is 0 Å². The highest BCUT2D eigenvalue weighted by atomic mass is 32.2. The van der Waals surface area contributed by atoms with E-state index in [-0.39, 0.29) is 0 Å². The van der Waals surface area contributed by atoms with E-state index in [1.807, 2.05) is 13.2 Å². The standard InChI is InChI=1S/C4H9NS2/c1-3(7-2)4(5)6/h3H,1-2H3,(H2,5,6). The zero-order valence-corrected chi connectivity index (χ0v) is 6.10. The van der Waals surface area contributed by atoms with Gasteiger partial charge in [-0.2, -0.15) is 11.8 Å². The molecule has 0 bridgehead atoms. The molecule has 0 rings (SSSR count). The van der Waals surface area contributed by atoms with Gasteiger partial charge in [0, 0.05) is 0 Å². The second kappa shape index (κ2) is 3.27. The van der Waals surface area contributed by atoms with Gasteiger partial charge in [-0.15, -0.1) is 0 Å². The van der Waals surface area contributed by atoms with E-state index in [2.05, 4.69) is 12.2 Å².